The first-order chi connectivity index (χ1) is 13.0. The summed E-state index contributed by atoms with van der Waals surface area (Å²) in [5.41, 5.74) is 1.85. The molecule has 0 aliphatic carbocycles. The highest BCUT2D eigenvalue weighted by Gasteiger charge is 2.21. The Morgan fingerprint density at radius 3 is 2.37 bits per heavy atom. The molecule has 1 heterocycles. The van der Waals surface area contributed by atoms with E-state index in [0.717, 1.165) is 5.56 Å². The third-order valence-electron chi connectivity index (χ3n) is 3.98. The maximum Gasteiger partial charge on any atom is 0.339 e. The van der Waals surface area contributed by atoms with Crippen LogP contribution in [-0.2, 0) is 16.1 Å². The van der Waals surface area contributed by atoms with Crippen LogP contribution in [-0.4, -0.2) is 33.3 Å². The average molecular weight is 370 g/mol. The van der Waals surface area contributed by atoms with Crippen LogP contribution in [0.2, 0.25) is 0 Å². The molecule has 7 heteroatoms. The highest BCUT2D eigenvalue weighted by Crippen LogP contribution is 2.38. The summed E-state index contributed by atoms with van der Waals surface area (Å²) in [5, 5.41) is 0. The number of methoxy groups -OCH3 is 3. The van der Waals surface area contributed by atoms with Crippen molar-refractivity contribution in [3.63, 3.8) is 0 Å². The normalized spacial score (nSPS) is 12.5. The van der Waals surface area contributed by atoms with Crippen LogP contribution in [0.4, 0.5) is 0 Å². The lowest BCUT2D eigenvalue weighted by Gasteiger charge is -2.12. The lowest BCUT2D eigenvalue weighted by Crippen LogP contribution is -2.04. The highest BCUT2D eigenvalue weighted by molar-refractivity contribution is 5.94. The van der Waals surface area contributed by atoms with E-state index in [2.05, 4.69) is 0 Å². The van der Waals surface area contributed by atoms with E-state index >= 15 is 0 Å². The molecule has 0 radical (unpaired) electrons. The van der Waals surface area contributed by atoms with Gasteiger partial charge in [0.05, 0.1) is 26.9 Å². The third-order valence-corrected chi connectivity index (χ3v) is 3.98. The van der Waals surface area contributed by atoms with Crippen LogP contribution in [0, 0.1) is 0 Å². The van der Waals surface area contributed by atoms with Crippen molar-refractivity contribution in [2.24, 2.45) is 0 Å². The zero-order valence-corrected chi connectivity index (χ0v) is 15.1. The Labute approximate surface area is 156 Å². The summed E-state index contributed by atoms with van der Waals surface area (Å²) in [7, 11) is 4.54. The van der Waals surface area contributed by atoms with Crippen molar-refractivity contribution in [1.29, 1.82) is 0 Å². The van der Waals surface area contributed by atoms with Gasteiger partial charge in [-0.3, -0.25) is 0 Å². The zero-order valence-electron chi connectivity index (χ0n) is 15.1. The van der Waals surface area contributed by atoms with Gasteiger partial charge >= 0.3 is 11.9 Å². The predicted octanol–water partition coefficient (Wildman–Crippen LogP) is 3.00. The van der Waals surface area contributed by atoms with E-state index in [1.165, 1.54) is 33.5 Å². The summed E-state index contributed by atoms with van der Waals surface area (Å²) in [6, 6.07) is 8.22. The Morgan fingerprint density at radius 1 is 1.04 bits per heavy atom. The molecule has 1 aliphatic rings. The van der Waals surface area contributed by atoms with Gasteiger partial charge in [0.1, 0.15) is 12.4 Å². The number of rotatable bonds is 6. The zero-order chi connectivity index (χ0) is 19.4. The maximum atomic E-state index is 12.1. The van der Waals surface area contributed by atoms with Crippen molar-refractivity contribution in [3.8, 4) is 23.0 Å². The molecule has 0 bridgehead atoms. The molecular weight excluding hydrogens is 352 g/mol. The molecule has 0 fully saturated rings. The van der Waals surface area contributed by atoms with Gasteiger partial charge in [-0.05, 0) is 35.9 Å². The fourth-order valence-corrected chi connectivity index (χ4v) is 2.67. The monoisotopic (exact) mass is 370 g/mol. The summed E-state index contributed by atoms with van der Waals surface area (Å²) in [5.74, 6) is 0.673. The Bertz CT molecular complexity index is 890. The minimum Gasteiger partial charge on any atom is -0.493 e. The maximum absolute atomic E-state index is 12.1. The van der Waals surface area contributed by atoms with Crippen molar-refractivity contribution < 1.29 is 33.3 Å². The number of ether oxygens (including phenoxy) is 5. The molecule has 0 atom stereocenters. The number of benzene rings is 2. The number of carbonyl (C=O) groups excluding carboxylic acids is 2. The molecule has 0 saturated heterocycles. The van der Waals surface area contributed by atoms with Gasteiger partial charge in [-0.25, -0.2) is 9.59 Å². The molecular formula is C20H18O7. The number of carbonyl (C=O) groups is 2. The number of esters is 2. The second-order valence-corrected chi connectivity index (χ2v) is 5.61. The number of hydrogen-bond acceptors (Lipinski definition) is 7. The van der Waals surface area contributed by atoms with Gasteiger partial charge in [0.15, 0.2) is 11.5 Å². The van der Waals surface area contributed by atoms with Crippen molar-refractivity contribution >= 4 is 18.0 Å². The molecule has 7 nitrogen and oxygen atoms in total. The van der Waals surface area contributed by atoms with Crippen molar-refractivity contribution in [2.45, 2.75) is 6.61 Å². The molecule has 2 aromatic carbocycles. The summed E-state index contributed by atoms with van der Waals surface area (Å²) < 4.78 is 26.0. The third kappa shape index (κ3) is 3.87. The minimum atomic E-state index is -0.588. The topological polar surface area (TPSA) is 80.3 Å². The lowest BCUT2D eigenvalue weighted by atomic mass is 10.1. The molecule has 140 valence electrons. The first-order valence-corrected chi connectivity index (χ1v) is 8.05. The van der Waals surface area contributed by atoms with Gasteiger partial charge in [0, 0.05) is 11.6 Å². The van der Waals surface area contributed by atoms with Crippen LogP contribution >= 0.6 is 0 Å². The van der Waals surface area contributed by atoms with Crippen LogP contribution < -0.4 is 18.9 Å². The lowest BCUT2D eigenvalue weighted by molar-refractivity contribution is -0.128. The Hall–Kier alpha value is -3.48. The highest BCUT2D eigenvalue weighted by atomic mass is 16.5. The number of cyclic esters (lactones) is 1. The van der Waals surface area contributed by atoms with Crippen molar-refractivity contribution in [1.82, 2.24) is 0 Å². The van der Waals surface area contributed by atoms with Gasteiger partial charge in [-0.2, -0.15) is 0 Å². The van der Waals surface area contributed by atoms with E-state index in [1.54, 1.807) is 30.3 Å². The molecule has 1 aliphatic heterocycles. The molecule has 0 saturated carbocycles. The van der Waals surface area contributed by atoms with Crippen LogP contribution in [0.15, 0.2) is 36.4 Å². The first kappa shape index (κ1) is 18.3. The molecule has 0 N–H and O–H groups in total. The van der Waals surface area contributed by atoms with Crippen LogP contribution in [0.3, 0.4) is 0 Å². The molecule has 3 rings (SSSR count). The van der Waals surface area contributed by atoms with Gasteiger partial charge < -0.3 is 23.7 Å². The van der Waals surface area contributed by atoms with Gasteiger partial charge in [0.25, 0.3) is 0 Å². The van der Waals surface area contributed by atoms with E-state index in [-0.39, 0.29) is 12.4 Å². The minimum absolute atomic E-state index is 0.240. The van der Waals surface area contributed by atoms with Crippen LogP contribution in [0.5, 0.6) is 23.0 Å². The Morgan fingerprint density at radius 2 is 1.74 bits per heavy atom. The second kappa shape index (κ2) is 7.82. The molecule has 0 amide bonds. The Balaban J connectivity index is 1.75. The summed E-state index contributed by atoms with van der Waals surface area (Å²) in [4.78, 5) is 23.7. The molecule has 0 spiro atoms. The number of fused-ring (bicyclic) bond motifs is 1. The fraction of sp³-hybridized carbons (Fsp3) is 0.200. The largest absolute Gasteiger partial charge is 0.493 e. The quantitative estimate of drug-likeness (QED) is 0.439. The van der Waals surface area contributed by atoms with Gasteiger partial charge in [-0.15, -0.1) is 0 Å². The van der Waals surface area contributed by atoms with Gasteiger partial charge in [0.2, 0.25) is 5.75 Å². The van der Waals surface area contributed by atoms with E-state index in [0.29, 0.717) is 28.4 Å². The van der Waals surface area contributed by atoms with Crippen LogP contribution in [0.1, 0.15) is 21.5 Å². The SMILES string of the molecule is COc1cc(/C=C/C(=O)Oc2ccc3c(c2)C(=O)OC3)cc(OC)c1OC. The van der Waals surface area contributed by atoms with E-state index in [1.807, 2.05) is 0 Å². The fourth-order valence-electron chi connectivity index (χ4n) is 2.67. The predicted molar refractivity (Wildman–Crippen MR) is 96.3 cm³/mol. The van der Waals surface area contributed by atoms with Crippen molar-refractivity contribution in [2.75, 3.05) is 21.3 Å². The average Bonchev–Trinajstić information content (AvgIpc) is 3.05. The second-order valence-electron chi connectivity index (χ2n) is 5.61. The molecule has 2 aromatic rings. The summed E-state index contributed by atoms with van der Waals surface area (Å²) >= 11 is 0. The van der Waals surface area contributed by atoms with Crippen LogP contribution in [0.25, 0.3) is 6.08 Å². The van der Waals surface area contributed by atoms with Gasteiger partial charge in [-0.1, -0.05) is 6.07 Å². The molecule has 0 unspecified atom stereocenters. The molecule has 27 heavy (non-hydrogen) atoms. The van der Waals surface area contributed by atoms with Crippen molar-refractivity contribution in [3.05, 3.63) is 53.1 Å². The number of hydrogen-bond donors (Lipinski definition) is 0. The first-order valence-electron chi connectivity index (χ1n) is 8.05. The Kier molecular flexibility index (Phi) is 5.30. The van der Waals surface area contributed by atoms with E-state index in [4.69, 9.17) is 23.7 Å². The smallest absolute Gasteiger partial charge is 0.339 e. The molecule has 0 aromatic heterocycles. The summed E-state index contributed by atoms with van der Waals surface area (Å²) in [6.07, 6.45) is 2.83. The van der Waals surface area contributed by atoms with E-state index in [9.17, 15) is 9.59 Å². The van der Waals surface area contributed by atoms with E-state index < -0.39 is 11.9 Å². The summed E-state index contributed by atoms with van der Waals surface area (Å²) in [6.45, 7) is 0.240. The standard InChI is InChI=1S/C20H18O7/c1-23-16-8-12(9-17(24-2)19(16)25-3)4-7-18(21)27-14-6-5-13-11-26-20(22)15(13)10-14/h4-10H,11H2,1-3H3/b7-4+.